The van der Waals surface area contributed by atoms with Crippen molar-refractivity contribution in [1.82, 2.24) is 0 Å². The molecule has 1 fully saturated rings. The topological polar surface area (TPSA) is 0 Å². The van der Waals surface area contributed by atoms with Crippen molar-refractivity contribution in [3.8, 4) is 0 Å². The fourth-order valence-corrected chi connectivity index (χ4v) is 1.88. The summed E-state index contributed by atoms with van der Waals surface area (Å²) in [4.78, 5) is 0. The number of hydrogen-bond donors (Lipinski definition) is 0. The molecule has 2 unspecified atom stereocenters. The van der Waals surface area contributed by atoms with Crippen molar-refractivity contribution in [1.29, 1.82) is 0 Å². The van der Waals surface area contributed by atoms with Gasteiger partial charge in [-0.25, -0.2) is 8.78 Å². The molecule has 1 aliphatic rings. The fourth-order valence-electron chi connectivity index (χ4n) is 1.88. The first-order chi connectivity index (χ1) is 4.92. The van der Waals surface area contributed by atoms with E-state index in [0.29, 0.717) is 0 Å². The van der Waals surface area contributed by atoms with Crippen LogP contribution in [0.1, 0.15) is 26.7 Å². The summed E-state index contributed by atoms with van der Waals surface area (Å²) in [6, 6.07) is 0. The summed E-state index contributed by atoms with van der Waals surface area (Å²) in [7, 11) is 0. The van der Waals surface area contributed by atoms with Gasteiger partial charge in [0.25, 0.3) is 0 Å². The van der Waals surface area contributed by atoms with Gasteiger partial charge in [-0.05, 0) is 18.8 Å². The second-order valence-electron chi connectivity index (χ2n) is 3.69. The first kappa shape index (κ1) is 8.69. The molecule has 1 aliphatic carbocycles. The van der Waals surface area contributed by atoms with Gasteiger partial charge in [0.15, 0.2) is 0 Å². The molecule has 1 saturated carbocycles. The van der Waals surface area contributed by atoms with E-state index in [9.17, 15) is 8.78 Å². The van der Waals surface area contributed by atoms with Crippen molar-refractivity contribution < 1.29 is 8.78 Å². The predicted molar refractivity (Wildman–Crippen MR) is 41.6 cm³/mol. The molecule has 0 amide bonds. The monoisotopic (exact) mass is 160 g/mol. The Labute approximate surface area is 66.3 Å². The molecule has 64 valence electrons. The molecule has 0 N–H and O–H groups in total. The van der Waals surface area contributed by atoms with Gasteiger partial charge in [-0.3, -0.25) is 0 Å². The van der Waals surface area contributed by atoms with Crippen molar-refractivity contribution >= 4 is 0 Å². The van der Waals surface area contributed by atoms with Crippen molar-refractivity contribution in [3.05, 3.63) is 12.2 Å². The lowest BCUT2D eigenvalue weighted by molar-refractivity contribution is 0.00385. The Morgan fingerprint density at radius 2 is 2.00 bits per heavy atom. The minimum Gasteiger partial charge on any atom is -0.207 e. The molecule has 1 rings (SSSR count). The van der Waals surface area contributed by atoms with Crippen LogP contribution in [0.15, 0.2) is 12.2 Å². The van der Waals surface area contributed by atoms with Crippen molar-refractivity contribution in [2.24, 2.45) is 11.8 Å². The van der Waals surface area contributed by atoms with Crippen LogP contribution < -0.4 is 0 Å². The second kappa shape index (κ2) is 2.58. The minimum absolute atomic E-state index is 0.00347. The molecule has 0 aromatic carbocycles. The maximum absolute atomic E-state index is 12.8. The van der Waals surface area contributed by atoms with Crippen molar-refractivity contribution in [2.45, 2.75) is 32.6 Å². The molecule has 0 saturated heterocycles. The van der Waals surface area contributed by atoms with Crippen LogP contribution in [-0.4, -0.2) is 5.92 Å². The van der Waals surface area contributed by atoms with E-state index >= 15 is 0 Å². The normalized spacial score (nSPS) is 35.6. The highest BCUT2D eigenvalue weighted by molar-refractivity contribution is 5.04. The van der Waals surface area contributed by atoms with Gasteiger partial charge in [0.05, 0.1) is 0 Å². The molecule has 11 heavy (non-hydrogen) atoms. The highest BCUT2D eigenvalue weighted by atomic mass is 19.3. The first-order valence-electron chi connectivity index (χ1n) is 3.95. The SMILES string of the molecule is C=C(C)C1CC(F)(F)CC1C. The van der Waals surface area contributed by atoms with E-state index in [1.54, 1.807) is 0 Å². The molecular formula is C9H14F2. The molecular weight excluding hydrogens is 146 g/mol. The van der Waals surface area contributed by atoms with Crippen LogP contribution in [0.3, 0.4) is 0 Å². The molecule has 0 nitrogen and oxygen atoms in total. The summed E-state index contributed by atoms with van der Waals surface area (Å²) < 4.78 is 25.5. The number of alkyl halides is 2. The zero-order valence-electron chi connectivity index (χ0n) is 7.03. The minimum atomic E-state index is -2.44. The molecule has 0 aromatic heterocycles. The van der Waals surface area contributed by atoms with E-state index in [0.717, 1.165) is 5.57 Å². The van der Waals surface area contributed by atoms with Crippen molar-refractivity contribution in [2.75, 3.05) is 0 Å². The first-order valence-corrected chi connectivity index (χ1v) is 3.95. The van der Waals surface area contributed by atoms with E-state index < -0.39 is 5.92 Å². The quantitative estimate of drug-likeness (QED) is 0.516. The Morgan fingerprint density at radius 1 is 1.45 bits per heavy atom. The Hall–Kier alpha value is -0.400. The lowest BCUT2D eigenvalue weighted by Crippen LogP contribution is -2.09. The number of halogens is 2. The summed E-state index contributed by atoms with van der Waals surface area (Å²) in [5.41, 5.74) is 0.898. The number of allylic oxidation sites excluding steroid dienone is 1. The van der Waals surface area contributed by atoms with Crippen LogP contribution in [-0.2, 0) is 0 Å². The molecule has 2 atom stereocenters. The lowest BCUT2D eigenvalue weighted by Gasteiger charge is -2.12. The summed E-state index contributed by atoms with van der Waals surface area (Å²) in [5.74, 6) is -2.31. The van der Waals surface area contributed by atoms with E-state index in [1.807, 2.05) is 13.8 Å². The van der Waals surface area contributed by atoms with Crippen molar-refractivity contribution in [3.63, 3.8) is 0 Å². The number of hydrogen-bond acceptors (Lipinski definition) is 0. The number of rotatable bonds is 1. The smallest absolute Gasteiger partial charge is 0.207 e. The fraction of sp³-hybridized carbons (Fsp3) is 0.778. The standard InChI is InChI=1S/C9H14F2/c1-6(2)8-5-9(10,11)4-7(8)3/h7-8H,1,4-5H2,2-3H3. The van der Waals surface area contributed by atoms with E-state index in [-0.39, 0.29) is 24.7 Å². The Kier molecular flexibility index (Phi) is 2.04. The van der Waals surface area contributed by atoms with Crippen LogP contribution in [0.2, 0.25) is 0 Å². The third-order valence-corrected chi connectivity index (χ3v) is 2.46. The van der Waals surface area contributed by atoms with Crippen LogP contribution in [0.25, 0.3) is 0 Å². The molecule has 0 aliphatic heterocycles. The molecule has 2 heteroatoms. The average Bonchev–Trinajstić information content (AvgIpc) is 2.05. The molecule has 0 spiro atoms. The highest BCUT2D eigenvalue weighted by Gasteiger charge is 2.44. The third-order valence-electron chi connectivity index (χ3n) is 2.46. The third kappa shape index (κ3) is 1.79. The summed E-state index contributed by atoms with van der Waals surface area (Å²) >= 11 is 0. The van der Waals surface area contributed by atoms with Gasteiger partial charge in [0.1, 0.15) is 0 Å². The lowest BCUT2D eigenvalue weighted by atomic mass is 9.92. The van der Waals surface area contributed by atoms with Gasteiger partial charge in [-0.2, -0.15) is 0 Å². The summed E-state index contributed by atoms with van der Waals surface area (Å²) in [6.07, 6.45) is 0.0357. The van der Waals surface area contributed by atoms with Crippen LogP contribution in [0.5, 0.6) is 0 Å². The van der Waals surface area contributed by atoms with Gasteiger partial charge < -0.3 is 0 Å². The zero-order valence-corrected chi connectivity index (χ0v) is 7.03. The Balaban J connectivity index is 2.66. The maximum atomic E-state index is 12.8. The summed E-state index contributed by atoms with van der Waals surface area (Å²) in [5, 5.41) is 0. The van der Waals surface area contributed by atoms with Gasteiger partial charge in [-0.15, -0.1) is 0 Å². The van der Waals surface area contributed by atoms with E-state index in [1.165, 1.54) is 0 Å². The molecule has 0 aromatic rings. The van der Waals surface area contributed by atoms with E-state index in [2.05, 4.69) is 6.58 Å². The van der Waals surface area contributed by atoms with Gasteiger partial charge >= 0.3 is 0 Å². The maximum Gasteiger partial charge on any atom is 0.249 e. The Bertz CT molecular complexity index is 172. The predicted octanol–water partition coefficient (Wildman–Crippen LogP) is 3.24. The van der Waals surface area contributed by atoms with Crippen LogP contribution in [0, 0.1) is 11.8 Å². The Morgan fingerprint density at radius 3 is 2.18 bits per heavy atom. The molecule has 0 heterocycles. The molecule has 0 radical (unpaired) electrons. The zero-order chi connectivity index (χ0) is 8.65. The highest BCUT2D eigenvalue weighted by Crippen LogP contribution is 2.45. The summed E-state index contributed by atoms with van der Waals surface area (Å²) in [6.45, 7) is 7.43. The molecule has 0 bridgehead atoms. The van der Waals surface area contributed by atoms with Crippen LogP contribution in [0.4, 0.5) is 8.78 Å². The van der Waals surface area contributed by atoms with Gasteiger partial charge in [0, 0.05) is 12.8 Å². The second-order valence-corrected chi connectivity index (χ2v) is 3.69. The van der Waals surface area contributed by atoms with Crippen LogP contribution >= 0.6 is 0 Å². The average molecular weight is 160 g/mol. The largest absolute Gasteiger partial charge is 0.249 e. The van der Waals surface area contributed by atoms with Gasteiger partial charge in [-0.1, -0.05) is 19.1 Å². The van der Waals surface area contributed by atoms with Gasteiger partial charge in [0.2, 0.25) is 5.92 Å². The van der Waals surface area contributed by atoms with E-state index in [4.69, 9.17) is 0 Å².